The summed E-state index contributed by atoms with van der Waals surface area (Å²) >= 11 is 1.61. The number of hydrogen-bond acceptors (Lipinski definition) is 4. The van der Waals surface area contributed by atoms with Gasteiger partial charge in [-0.05, 0) is 23.9 Å². The van der Waals surface area contributed by atoms with Gasteiger partial charge in [-0.1, -0.05) is 30.3 Å². The molecule has 1 aromatic carbocycles. The third-order valence-corrected chi connectivity index (χ3v) is 5.18. The van der Waals surface area contributed by atoms with Gasteiger partial charge in [0, 0.05) is 24.0 Å². The van der Waals surface area contributed by atoms with Crippen molar-refractivity contribution < 1.29 is 9.53 Å². The number of benzene rings is 1. The highest BCUT2D eigenvalue weighted by Crippen LogP contribution is 2.35. The topological polar surface area (TPSA) is 42.4 Å². The lowest BCUT2D eigenvalue weighted by molar-refractivity contribution is 0.0302. The molecule has 1 fully saturated rings. The van der Waals surface area contributed by atoms with Crippen LogP contribution in [0, 0.1) is 6.92 Å². The molecule has 3 heterocycles. The van der Waals surface area contributed by atoms with Crippen LogP contribution in [0.2, 0.25) is 0 Å². The van der Waals surface area contributed by atoms with E-state index in [-0.39, 0.29) is 18.3 Å². The van der Waals surface area contributed by atoms with E-state index in [0.29, 0.717) is 31.9 Å². The summed E-state index contributed by atoms with van der Waals surface area (Å²) in [4.78, 5) is 20.7. The average molecular weight is 375 g/mol. The van der Waals surface area contributed by atoms with Crippen molar-refractivity contribution in [3.05, 3.63) is 53.0 Å². The van der Waals surface area contributed by atoms with Crippen LogP contribution in [-0.2, 0) is 4.74 Å². The van der Waals surface area contributed by atoms with E-state index in [9.17, 15) is 4.79 Å². The Bertz CT molecular complexity index is 889. The first-order valence-electron chi connectivity index (χ1n) is 8.06. The number of hydrogen-bond donors (Lipinski definition) is 0. The van der Waals surface area contributed by atoms with Crippen LogP contribution in [0.4, 0.5) is 0 Å². The maximum Gasteiger partial charge on any atom is 0.256 e. The Morgan fingerprint density at radius 3 is 2.60 bits per heavy atom. The standard InChI is InChI=1S/C19H18N2O2S.ClH/c1-13-16(19(22)21-8-10-23-11-9-21)17(14-5-3-2-4-6-14)15-7-12-24-18(15)20-13;/h2-7,12H,8-11H2,1H3;1H. The maximum atomic E-state index is 13.2. The summed E-state index contributed by atoms with van der Waals surface area (Å²) < 4.78 is 5.38. The van der Waals surface area contributed by atoms with E-state index in [4.69, 9.17) is 4.74 Å². The summed E-state index contributed by atoms with van der Waals surface area (Å²) in [5.74, 6) is 0.0512. The van der Waals surface area contributed by atoms with Gasteiger partial charge in [-0.15, -0.1) is 23.7 Å². The molecule has 0 radical (unpaired) electrons. The van der Waals surface area contributed by atoms with Crippen molar-refractivity contribution in [2.45, 2.75) is 6.92 Å². The van der Waals surface area contributed by atoms with Gasteiger partial charge in [0.05, 0.1) is 24.5 Å². The molecule has 0 unspecified atom stereocenters. The number of carbonyl (C=O) groups excluding carboxylic acids is 1. The van der Waals surface area contributed by atoms with Gasteiger partial charge in [0.2, 0.25) is 0 Å². The molecule has 4 nitrogen and oxygen atoms in total. The first-order chi connectivity index (χ1) is 11.8. The van der Waals surface area contributed by atoms with Crippen molar-refractivity contribution in [3.63, 3.8) is 0 Å². The van der Waals surface area contributed by atoms with Gasteiger partial charge < -0.3 is 9.64 Å². The van der Waals surface area contributed by atoms with Crippen molar-refractivity contribution in [3.8, 4) is 11.1 Å². The SMILES string of the molecule is Cc1nc2sccc2c(-c2ccccc2)c1C(=O)N1CCOCC1.Cl. The quantitative estimate of drug-likeness (QED) is 0.676. The zero-order chi connectivity index (χ0) is 16.5. The molecule has 3 aromatic rings. The van der Waals surface area contributed by atoms with Gasteiger partial charge in [-0.3, -0.25) is 4.79 Å². The molecule has 2 aromatic heterocycles. The molecule has 0 aliphatic carbocycles. The minimum absolute atomic E-state index is 0. The van der Waals surface area contributed by atoms with Gasteiger partial charge in [0.15, 0.2) is 0 Å². The summed E-state index contributed by atoms with van der Waals surface area (Å²) in [5.41, 5.74) is 3.56. The van der Waals surface area contributed by atoms with Crippen molar-refractivity contribution in [1.82, 2.24) is 9.88 Å². The number of aryl methyl sites for hydroxylation is 1. The molecule has 0 saturated carbocycles. The van der Waals surface area contributed by atoms with Crippen LogP contribution in [0.3, 0.4) is 0 Å². The molecule has 0 atom stereocenters. The molecular weight excluding hydrogens is 356 g/mol. The zero-order valence-corrected chi connectivity index (χ0v) is 15.5. The molecule has 1 amide bonds. The molecule has 0 bridgehead atoms. The molecule has 1 aliphatic rings. The lowest BCUT2D eigenvalue weighted by atomic mass is 9.95. The van der Waals surface area contributed by atoms with Crippen molar-refractivity contribution in [2.75, 3.05) is 26.3 Å². The number of aromatic nitrogens is 1. The van der Waals surface area contributed by atoms with Crippen LogP contribution in [0.1, 0.15) is 16.1 Å². The lowest BCUT2D eigenvalue weighted by Crippen LogP contribution is -2.41. The first-order valence-corrected chi connectivity index (χ1v) is 8.94. The Morgan fingerprint density at radius 2 is 1.88 bits per heavy atom. The Balaban J connectivity index is 0.00000182. The van der Waals surface area contributed by atoms with Gasteiger partial charge in [0.25, 0.3) is 5.91 Å². The second-order valence-electron chi connectivity index (χ2n) is 5.86. The fourth-order valence-electron chi connectivity index (χ4n) is 3.19. The molecular formula is C19H19ClN2O2S. The van der Waals surface area contributed by atoms with E-state index in [1.54, 1.807) is 11.3 Å². The number of halogens is 1. The maximum absolute atomic E-state index is 13.2. The Labute approximate surface area is 156 Å². The second-order valence-corrected chi connectivity index (χ2v) is 6.75. The summed E-state index contributed by atoms with van der Waals surface area (Å²) in [6.07, 6.45) is 0. The van der Waals surface area contributed by atoms with Crippen molar-refractivity contribution in [2.24, 2.45) is 0 Å². The number of carbonyl (C=O) groups is 1. The van der Waals surface area contributed by atoms with Crippen LogP contribution in [0.25, 0.3) is 21.3 Å². The second kappa shape index (κ2) is 7.52. The Morgan fingerprint density at radius 1 is 1.16 bits per heavy atom. The van der Waals surface area contributed by atoms with E-state index in [0.717, 1.165) is 27.0 Å². The lowest BCUT2D eigenvalue weighted by Gasteiger charge is -2.28. The zero-order valence-electron chi connectivity index (χ0n) is 13.9. The van der Waals surface area contributed by atoms with Crippen molar-refractivity contribution >= 4 is 39.9 Å². The molecule has 0 N–H and O–H groups in total. The molecule has 6 heteroatoms. The smallest absolute Gasteiger partial charge is 0.256 e. The number of ether oxygens (including phenoxy) is 1. The van der Waals surface area contributed by atoms with E-state index in [2.05, 4.69) is 23.2 Å². The summed E-state index contributed by atoms with van der Waals surface area (Å²) in [5, 5.41) is 3.08. The van der Waals surface area contributed by atoms with Gasteiger partial charge in [-0.25, -0.2) is 4.98 Å². The monoisotopic (exact) mass is 374 g/mol. The number of amides is 1. The van der Waals surface area contributed by atoms with Crippen molar-refractivity contribution in [1.29, 1.82) is 0 Å². The summed E-state index contributed by atoms with van der Waals surface area (Å²) in [7, 11) is 0. The highest BCUT2D eigenvalue weighted by molar-refractivity contribution is 7.16. The summed E-state index contributed by atoms with van der Waals surface area (Å²) in [6, 6.07) is 12.2. The van der Waals surface area contributed by atoms with E-state index in [1.165, 1.54) is 0 Å². The molecule has 130 valence electrons. The van der Waals surface area contributed by atoms with E-state index < -0.39 is 0 Å². The van der Waals surface area contributed by atoms with Crippen LogP contribution < -0.4 is 0 Å². The van der Waals surface area contributed by atoms with Gasteiger partial charge in [-0.2, -0.15) is 0 Å². The highest BCUT2D eigenvalue weighted by Gasteiger charge is 2.26. The van der Waals surface area contributed by atoms with Gasteiger partial charge >= 0.3 is 0 Å². The minimum atomic E-state index is 0. The number of fused-ring (bicyclic) bond motifs is 1. The third-order valence-electron chi connectivity index (χ3n) is 4.37. The molecule has 4 rings (SSSR count). The highest BCUT2D eigenvalue weighted by atomic mass is 35.5. The normalized spacial score (nSPS) is 14.4. The van der Waals surface area contributed by atoms with E-state index >= 15 is 0 Å². The number of pyridine rings is 1. The fourth-order valence-corrected chi connectivity index (χ4v) is 4.01. The van der Waals surface area contributed by atoms with E-state index in [1.807, 2.05) is 35.4 Å². The fraction of sp³-hybridized carbons (Fsp3) is 0.263. The third kappa shape index (κ3) is 3.27. The predicted molar refractivity (Wildman–Crippen MR) is 104 cm³/mol. The predicted octanol–water partition coefficient (Wildman–Crippen LogP) is 4.17. The first kappa shape index (κ1) is 17.9. The number of morpholine rings is 1. The number of rotatable bonds is 2. The van der Waals surface area contributed by atoms with Crippen LogP contribution in [-0.4, -0.2) is 42.1 Å². The largest absolute Gasteiger partial charge is 0.378 e. The average Bonchev–Trinajstić information content (AvgIpc) is 3.09. The van der Waals surface area contributed by atoms with Gasteiger partial charge in [0.1, 0.15) is 4.83 Å². The molecule has 1 aliphatic heterocycles. The Hall–Kier alpha value is -1.95. The summed E-state index contributed by atoms with van der Waals surface area (Å²) in [6.45, 7) is 4.39. The number of nitrogens with zero attached hydrogens (tertiary/aromatic N) is 2. The molecule has 1 saturated heterocycles. The van der Waals surface area contributed by atoms with Crippen LogP contribution in [0.15, 0.2) is 41.8 Å². The Kier molecular flexibility index (Phi) is 5.37. The molecule has 25 heavy (non-hydrogen) atoms. The minimum Gasteiger partial charge on any atom is -0.378 e. The molecule has 0 spiro atoms. The van der Waals surface area contributed by atoms with Crippen LogP contribution >= 0.6 is 23.7 Å². The van der Waals surface area contributed by atoms with Crippen LogP contribution in [0.5, 0.6) is 0 Å². The number of thiophene rings is 1.